The average molecular weight is 511 g/mol. The Balaban J connectivity index is 1.57. The van der Waals surface area contributed by atoms with Gasteiger partial charge in [-0.3, -0.25) is 0 Å². The lowest BCUT2D eigenvalue weighted by Gasteiger charge is -2.16. The first kappa shape index (κ1) is 28.4. The highest BCUT2D eigenvalue weighted by molar-refractivity contribution is 7.99. The molecule has 0 spiro atoms. The molecule has 0 saturated carbocycles. The molecule has 0 aliphatic rings. The van der Waals surface area contributed by atoms with Crippen LogP contribution in [0.5, 0.6) is 5.75 Å². The van der Waals surface area contributed by atoms with Gasteiger partial charge in [0.2, 0.25) is 0 Å². The van der Waals surface area contributed by atoms with Crippen molar-refractivity contribution in [3.05, 3.63) is 58.1 Å². The largest absolute Gasteiger partial charge is 0.494 e. The van der Waals surface area contributed by atoms with Gasteiger partial charge in [0.15, 0.2) is 0 Å². The first-order valence-electron chi connectivity index (χ1n) is 12.6. The fourth-order valence-corrected chi connectivity index (χ4v) is 5.17. The monoisotopic (exact) mass is 509 g/mol. The van der Waals surface area contributed by atoms with Crippen LogP contribution in [0.3, 0.4) is 0 Å². The summed E-state index contributed by atoms with van der Waals surface area (Å²) in [5, 5.41) is 5.06. The summed E-state index contributed by atoms with van der Waals surface area (Å²) in [5.41, 5.74) is 1.25. The zero-order chi connectivity index (χ0) is 23.7. The average Bonchev–Trinajstić information content (AvgIpc) is 2.82. The molecule has 0 aliphatic heterocycles. The lowest BCUT2D eigenvalue weighted by Crippen LogP contribution is -2.21. The van der Waals surface area contributed by atoms with Crippen LogP contribution in [0.1, 0.15) is 89.7 Å². The molecule has 0 aliphatic carbocycles. The van der Waals surface area contributed by atoms with E-state index in [9.17, 15) is 0 Å². The highest BCUT2D eigenvalue weighted by Gasteiger charge is 2.07. The zero-order valence-electron chi connectivity index (χ0n) is 20.4. The van der Waals surface area contributed by atoms with Crippen LogP contribution >= 0.6 is 35.0 Å². The summed E-state index contributed by atoms with van der Waals surface area (Å²) in [4.78, 5) is 1.03. The highest BCUT2D eigenvalue weighted by atomic mass is 35.5. The van der Waals surface area contributed by atoms with Crippen molar-refractivity contribution in [1.29, 1.82) is 0 Å². The molecular formula is C28H41Cl2NOS. The number of hydrogen-bond donors (Lipinski definition) is 1. The normalized spacial score (nSPS) is 12.1. The van der Waals surface area contributed by atoms with Gasteiger partial charge in [-0.15, -0.1) is 11.8 Å². The van der Waals surface area contributed by atoms with Gasteiger partial charge in [-0.05, 0) is 49.2 Å². The lowest BCUT2D eigenvalue weighted by molar-refractivity contribution is 0.303. The van der Waals surface area contributed by atoms with E-state index < -0.39 is 0 Å². The molecule has 184 valence electrons. The van der Waals surface area contributed by atoms with Crippen LogP contribution in [-0.2, 0) is 0 Å². The SMILES string of the molecule is CCCCCCCCCCCCOc1cccc(C(C)NCCSc2cc(Cl)ccc2Cl)c1. The number of rotatable bonds is 18. The fraction of sp³-hybridized carbons (Fsp3) is 0.571. The van der Waals surface area contributed by atoms with Crippen molar-refractivity contribution in [3.8, 4) is 5.75 Å². The third-order valence-electron chi connectivity index (χ3n) is 5.83. The van der Waals surface area contributed by atoms with E-state index in [4.69, 9.17) is 27.9 Å². The summed E-state index contributed by atoms with van der Waals surface area (Å²) in [6.45, 7) is 6.16. The van der Waals surface area contributed by atoms with Gasteiger partial charge in [0.25, 0.3) is 0 Å². The number of ether oxygens (including phenoxy) is 1. The number of hydrogen-bond acceptors (Lipinski definition) is 3. The summed E-state index contributed by atoms with van der Waals surface area (Å²) in [5.74, 6) is 1.90. The van der Waals surface area contributed by atoms with E-state index in [1.807, 2.05) is 18.2 Å². The van der Waals surface area contributed by atoms with E-state index in [0.717, 1.165) is 46.0 Å². The summed E-state index contributed by atoms with van der Waals surface area (Å²) < 4.78 is 6.02. The van der Waals surface area contributed by atoms with E-state index in [1.165, 1.54) is 63.4 Å². The predicted molar refractivity (Wildman–Crippen MR) is 147 cm³/mol. The third kappa shape index (κ3) is 12.4. The minimum absolute atomic E-state index is 0.265. The van der Waals surface area contributed by atoms with E-state index in [-0.39, 0.29) is 6.04 Å². The molecule has 2 aromatic carbocycles. The molecule has 0 radical (unpaired) electrons. The van der Waals surface area contributed by atoms with Gasteiger partial charge in [0.05, 0.1) is 11.6 Å². The molecule has 0 aromatic heterocycles. The maximum atomic E-state index is 6.24. The van der Waals surface area contributed by atoms with Crippen LogP contribution in [0.25, 0.3) is 0 Å². The number of nitrogens with one attached hydrogen (secondary N) is 1. The summed E-state index contributed by atoms with van der Waals surface area (Å²) in [7, 11) is 0. The molecule has 1 unspecified atom stereocenters. The van der Waals surface area contributed by atoms with Crippen LogP contribution in [0.4, 0.5) is 0 Å². The van der Waals surface area contributed by atoms with Crippen LogP contribution in [-0.4, -0.2) is 18.9 Å². The van der Waals surface area contributed by atoms with Gasteiger partial charge >= 0.3 is 0 Å². The van der Waals surface area contributed by atoms with E-state index in [2.05, 4.69) is 43.4 Å². The molecule has 5 heteroatoms. The lowest BCUT2D eigenvalue weighted by atomic mass is 10.1. The van der Waals surface area contributed by atoms with Crippen molar-refractivity contribution in [1.82, 2.24) is 5.32 Å². The molecular weight excluding hydrogens is 469 g/mol. The van der Waals surface area contributed by atoms with Crippen molar-refractivity contribution < 1.29 is 4.74 Å². The minimum atomic E-state index is 0.265. The molecule has 0 saturated heterocycles. The van der Waals surface area contributed by atoms with Gasteiger partial charge in [0, 0.05) is 28.3 Å². The van der Waals surface area contributed by atoms with Gasteiger partial charge in [-0.25, -0.2) is 0 Å². The Hall–Kier alpha value is -0.870. The molecule has 2 nitrogen and oxygen atoms in total. The third-order valence-corrected chi connectivity index (χ3v) is 7.56. The molecule has 0 amide bonds. The Morgan fingerprint density at radius 3 is 2.30 bits per heavy atom. The number of benzene rings is 2. The van der Waals surface area contributed by atoms with Crippen molar-refractivity contribution >= 4 is 35.0 Å². The van der Waals surface area contributed by atoms with Crippen LogP contribution in [0.2, 0.25) is 10.0 Å². The highest BCUT2D eigenvalue weighted by Crippen LogP contribution is 2.29. The quantitative estimate of drug-likeness (QED) is 0.159. The molecule has 2 rings (SSSR count). The molecule has 1 N–H and O–H groups in total. The Labute approximate surface area is 216 Å². The molecule has 1 atom stereocenters. The number of unbranched alkanes of at least 4 members (excludes halogenated alkanes) is 9. The van der Waals surface area contributed by atoms with Crippen molar-refractivity contribution in [2.24, 2.45) is 0 Å². The molecule has 0 heterocycles. The Bertz CT molecular complexity index is 786. The molecule has 0 bridgehead atoms. The topological polar surface area (TPSA) is 21.3 Å². The summed E-state index contributed by atoms with van der Waals surface area (Å²) >= 11 is 14.0. The van der Waals surface area contributed by atoms with Crippen molar-refractivity contribution in [2.75, 3.05) is 18.9 Å². The molecule has 2 aromatic rings. The molecule has 33 heavy (non-hydrogen) atoms. The Morgan fingerprint density at radius 2 is 1.58 bits per heavy atom. The first-order valence-corrected chi connectivity index (χ1v) is 14.4. The van der Waals surface area contributed by atoms with Gasteiger partial charge in [-0.1, -0.05) is 100 Å². The van der Waals surface area contributed by atoms with E-state index in [0.29, 0.717) is 0 Å². The van der Waals surface area contributed by atoms with Crippen molar-refractivity contribution in [3.63, 3.8) is 0 Å². The summed E-state index contributed by atoms with van der Waals surface area (Å²) in [6, 6.07) is 14.3. The fourth-order valence-electron chi connectivity index (χ4n) is 3.80. The van der Waals surface area contributed by atoms with Crippen LogP contribution < -0.4 is 10.1 Å². The predicted octanol–water partition coefficient (Wildman–Crippen LogP) is 9.74. The zero-order valence-corrected chi connectivity index (χ0v) is 22.7. The van der Waals surface area contributed by atoms with Gasteiger partial charge < -0.3 is 10.1 Å². The standard InChI is InChI=1S/C28H41Cl2NOS/c1-3-4-5-6-7-8-9-10-11-12-19-32-26-15-13-14-24(21-26)23(2)31-18-20-33-28-22-25(29)16-17-27(28)30/h13-17,21-23,31H,3-12,18-20H2,1-2H3. The van der Waals surface area contributed by atoms with Crippen LogP contribution in [0, 0.1) is 0 Å². The smallest absolute Gasteiger partial charge is 0.119 e. The second kappa shape index (κ2) is 17.5. The van der Waals surface area contributed by atoms with E-state index in [1.54, 1.807) is 11.8 Å². The number of halogens is 2. The molecule has 0 fully saturated rings. The number of thioether (sulfide) groups is 1. The van der Waals surface area contributed by atoms with E-state index >= 15 is 0 Å². The Morgan fingerprint density at radius 1 is 0.879 bits per heavy atom. The maximum absolute atomic E-state index is 6.24. The maximum Gasteiger partial charge on any atom is 0.119 e. The second-order valence-corrected chi connectivity index (χ2v) is 10.7. The second-order valence-electron chi connectivity index (χ2n) is 8.70. The first-order chi connectivity index (χ1) is 16.1. The van der Waals surface area contributed by atoms with Crippen LogP contribution in [0.15, 0.2) is 47.4 Å². The van der Waals surface area contributed by atoms with Crippen molar-refractivity contribution in [2.45, 2.75) is 89.0 Å². The minimum Gasteiger partial charge on any atom is -0.494 e. The van der Waals surface area contributed by atoms with Gasteiger partial charge in [-0.2, -0.15) is 0 Å². The van der Waals surface area contributed by atoms with Gasteiger partial charge in [0.1, 0.15) is 5.75 Å². The summed E-state index contributed by atoms with van der Waals surface area (Å²) in [6.07, 6.45) is 13.4. The Kier molecular flexibility index (Phi) is 15.1.